The minimum absolute atomic E-state index is 0.279. The van der Waals surface area contributed by atoms with Crippen LogP contribution in [-0.2, 0) is 4.79 Å². The smallest absolute Gasteiger partial charge is 0.220 e. The zero-order chi connectivity index (χ0) is 12.8. The molecule has 0 heterocycles. The molecule has 1 amide bonds. The molecule has 0 radical (unpaired) electrons. The molecule has 2 aliphatic rings. The van der Waals surface area contributed by atoms with Crippen molar-refractivity contribution in [1.29, 1.82) is 0 Å². The lowest BCUT2D eigenvalue weighted by atomic mass is 9.86. The number of carbonyl (C=O) groups is 1. The third-order valence-corrected chi connectivity index (χ3v) is 5.14. The van der Waals surface area contributed by atoms with E-state index in [2.05, 4.69) is 21.2 Å². The van der Waals surface area contributed by atoms with Crippen LogP contribution in [0.4, 0.5) is 0 Å². The Morgan fingerprint density at radius 3 is 2.56 bits per heavy atom. The summed E-state index contributed by atoms with van der Waals surface area (Å²) in [5.41, 5.74) is 0.448. The van der Waals surface area contributed by atoms with Crippen LogP contribution in [0.25, 0.3) is 0 Å². The molecule has 0 aromatic heterocycles. The second-order valence-corrected chi connectivity index (χ2v) is 7.05. The summed E-state index contributed by atoms with van der Waals surface area (Å²) in [5.74, 6) is 1.10. The van der Waals surface area contributed by atoms with E-state index < -0.39 is 0 Å². The molecule has 0 unspecified atom stereocenters. The molecule has 2 saturated carbocycles. The summed E-state index contributed by atoms with van der Waals surface area (Å²) in [6, 6.07) is 0. The van der Waals surface area contributed by atoms with Crippen LogP contribution in [0.1, 0.15) is 64.2 Å². The normalized spacial score (nSPS) is 22.7. The fourth-order valence-corrected chi connectivity index (χ4v) is 3.92. The standard InChI is InChI=1S/C15H26BrNO/c16-11-10-15(8-9-15)12-17-14(18)7-6-13-4-2-1-3-5-13/h13H,1-12H2,(H,17,18). The first-order chi connectivity index (χ1) is 8.74. The van der Waals surface area contributed by atoms with E-state index >= 15 is 0 Å². The third-order valence-electron chi connectivity index (χ3n) is 4.75. The summed E-state index contributed by atoms with van der Waals surface area (Å²) in [6.07, 6.45) is 12.5. The van der Waals surface area contributed by atoms with Gasteiger partial charge in [0.25, 0.3) is 0 Å². The zero-order valence-corrected chi connectivity index (χ0v) is 12.9. The van der Waals surface area contributed by atoms with E-state index in [0.717, 1.165) is 30.6 Å². The predicted molar refractivity (Wildman–Crippen MR) is 78.9 cm³/mol. The highest BCUT2D eigenvalue weighted by Crippen LogP contribution is 2.48. The molecule has 3 heteroatoms. The first kappa shape index (κ1) is 14.4. The molecule has 2 fully saturated rings. The van der Waals surface area contributed by atoms with Gasteiger partial charge < -0.3 is 5.32 Å². The van der Waals surface area contributed by atoms with Gasteiger partial charge in [0.05, 0.1) is 0 Å². The van der Waals surface area contributed by atoms with Gasteiger partial charge in [-0.2, -0.15) is 0 Å². The lowest BCUT2D eigenvalue weighted by Crippen LogP contribution is -2.30. The summed E-state index contributed by atoms with van der Waals surface area (Å²) in [4.78, 5) is 11.8. The average molecular weight is 316 g/mol. The van der Waals surface area contributed by atoms with Crippen molar-refractivity contribution < 1.29 is 4.79 Å². The average Bonchev–Trinajstić information content (AvgIpc) is 3.16. The van der Waals surface area contributed by atoms with Gasteiger partial charge >= 0.3 is 0 Å². The maximum Gasteiger partial charge on any atom is 0.220 e. The summed E-state index contributed by atoms with van der Waals surface area (Å²) in [5, 5.41) is 4.21. The number of nitrogens with one attached hydrogen (secondary N) is 1. The first-order valence-corrected chi connectivity index (χ1v) is 8.69. The van der Waals surface area contributed by atoms with Crippen LogP contribution in [0, 0.1) is 11.3 Å². The fraction of sp³-hybridized carbons (Fsp3) is 0.933. The first-order valence-electron chi connectivity index (χ1n) is 7.57. The summed E-state index contributed by atoms with van der Waals surface area (Å²) < 4.78 is 0. The number of hydrogen-bond donors (Lipinski definition) is 1. The molecule has 1 N–H and O–H groups in total. The maximum atomic E-state index is 11.8. The highest BCUT2D eigenvalue weighted by atomic mass is 79.9. The second-order valence-electron chi connectivity index (χ2n) is 6.26. The van der Waals surface area contributed by atoms with Crippen LogP contribution >= 0.6 is 15.9 Å². The van der Waals surface area contributed by atoms with E-state index in [-0.39, 0.29) is 5.91 Å². The fourth-order valence-electron chi connectivity index (χ4n) is 3.08. The Labute approximate surface area is 119 Å². The highest BCUT2D eigenvalue weighted by Gasteiger charge is 2.41. The third kappa shape index (κ3) is 4.56. The van der Waals surface area contributed by atoms with Gasteiger partial charge in [-0.1, -0.05) is 48.0 Å². The Hall–Kier alpha value is -0.0500. The molecule has 0 atom stereocenters. The minimum Gasteiger partial charge on any atom is -0.356 e. The van der Waals surface area contributed by atoms with Gasteiger partial charge in [0, 0.05) is 18.3 Å². The van der Waals surface area contributed by atoms with Crippen molar-refractivity contribution in [2.24, 2.45) is 11.3 Å². The Kier molecular flexibility index (Phi) is 5.53. The number of halogens is 1. The SMILES string of the molecule is O=C(CCC1CCCCC1)NCC1(CCBr)CC1. The van der Waals surface area contributed by atoms with Gasteiger partial charge in [0.15, 0.2) is 0 Å². The lowest BCUT2D eigenvalue weighted by molar-refractivity contribution is -0.121. The Balaban J connectivity index is 1.57. The zero-order valence-electron chi connectivity index (χ0n) is 11.3. The molecule has 2 aliphatic carbocycles. The van der Waals surface area contributed by atoms with Crippen molar-refractivity contribution in [2.45, 2.75) is 64.2 Å². The van der Waals surface area contributed by atoms with Gasteiger partial charge in [-0.15, -0.1) is 0 Å². The van der Waals surface area contributed by atoms with Crippen molar-refractivity contribution >= 4 is 21.8 Å². The van der Waals surface area contributed by atoms with E-state index in [1.807, 2.05) is 0 Å². The van der Waals surface area contributed by atoms with Gasteiger partial charge in [-0.05, 0) is 37.0 Å². The molecule has 18 heavy (non-hydrogen) atoms. The lowest BCUT2D eigenvalue weighted by Gasteiger charge is -2.21. The highest BCUT2D eigenvalue weighted by molar-refractivity contribution is 9.09. The van der Waals surface area contributed by atoms with Gasteiger partial charge in [0.1, 0.15) is 0 Å². The summed E-state index contributed by atoms with van der Waals surface area (Å²) in [6.45, 7) is 0.905. The van der Waals surface area contributed by atoms with Crippen molar-refractivity contribution in [3.8, 4) is 0 Å². The van der Waals surface area contributed by atoms with Crippen molar-refractivity contribution in [3.05, 3.63) is 0 Å². The largest absolute Gasteiger partial charge is 0.356 e. The molecule has 0 saturated heterocycles. The quantitative estimate of drug-likeness (QED) is 0.706. The van der Waals surface area contributed by atoms with Crippen LogP contribution in [0.2, 0.25) is 0 Å². The Bertz CT molecular complexity index is 270. The van der Waals surface area contributed by atoms with Crippen molar-refractivity contribution in [1.82, 2.24) is 5.32 Å². The van der Waals surface area contributed by atoms with Crippen molar-refractivity contribution in [2.75, 3.05) is 11.9 Å². The minimum atomic E-state index is 0.279. The Morgan fingerprint density at radius 2 is 1.94 bits per heavy atom. The van der Waals surface area contributed by atoms with Crippen LogP contribution < -0.4 is 5.32 Å². The number of carbonyl (C=O) groups excluding carboxylic acids is 1. The van der Waals surface area contributed by atoms with E-state index in [0.29, 0.717) is 5.41 Å². The van der Waals surface area contributed by atoms with E-state index in [9.17, 15) is 4.79 Å². The van der Waals surface area contributed by atoms with Crippen LogP contribution in [0.15, 0.2) is 0 Å². The van der Waals surface area contributed by atoms with Crippen LogP contribution in [-0.4, -0.2) is 17.8 Å². The molecule has 0 bridgehead atoms. The molecule has 104 valence electrons. The van der Waals surface area contributed by atoms with Crippen LogP contribution in [0.5, 0.6) is 0 Å². The molecular formula is C15H26BrNO. The molecule has 2 nitrogen and oxygen atoms in total. The molecule has 0 spiro atoms. The number of rotatable bonds is 7. The van der Waals surface area contributed by atoms with E-state index in [4.69, 9.17) is 0 Å². The molecule has 0 aliphatic heterocycles. The molecule has 2 rings (SSSR count). The van der Waals surface area contributed by atoms with Gasteiger partial charge in [-0.25, -0.2) is 0 Å². The monoisotopic (exact) mass is 315 g/mol. The summed E-state index contributed by atoms with van der Waals surface area (Å²) >= 11 is 3.50. The van der Waals surface area contributed by atoms with Crippen LogP contribution in [0.3, 0.4) is 0 Å². The summed E-state index contributed by atoms with van der Waals surface area (Å²) in [7, 11) is 0. The van der Waals surface area contributed by atoms with Gasteiger partial charge in [0.2, 0.25) is 5.91 Å². The van der Waals surface area contributed by atoms with Gasteiger partial charge in [-0.3, -0.25) is 4.79 Å². The van der Waals surface area contributed by atoms with E-state index in [1.165, 1.54) is 51.4 Å². The molecule has 0 aromatic rings. The van der Waals surface area contributed by atoms with Crippen molar-refractivity contribution in [3.63, 3.8) is 0 Å². The number of hydrogen-bond acceptors (Lipinski definition) is 1. The molecule has 0 aromatic carbocycles. The number of alkyl halides is 1. The van der Waals surface area contributed by atoms with E-state index in [1.54, 1.807) is 0 Å². The predicted octanol–water partition coefficient (Wildman–Crippen LogP) is 4.03. The number of amides is 1. The Morgan fingerprint density at radius 1 is 1.22 bits per heavy atom. The topological polar surface area (TPSA) is 29.1 Å². The maximum absolute atomic E-state index is 11.8. The molecular weight excluding hydrogens is 290 g/mol. The second kappa shape index (κ2) is 6.93.